The second-order valence-corrected chi connectivity index (χ2v) is 11.9. The Kier molecular flexibility index (Phi) is 5.37. The normalized spacial score (nSPS) is 11.7. The fourth-order valence-corrected chi connectivity index (χ4v) is 7.38. The average molecular weight is 569 g/mol. The first-order chi connectivity index (χ1) is 21.3. The summed E-state index contributed by atoms with van der Waals surface area (Å²) in [4.78, 5) is 6.72. The van der Waals surface area contributed by atoms with Gasteiger partial charge in [-0.1, -0.05) is 78.9 Å². The summed E-state index contributed by atoms with van der Waals surface area (Å²) in [5.41, 5.74) is 7.26. The number of hydrogen-bond donors (Lipinski definition) is 0. The molecule has 0 saturated heterocycles. The molecule has 0 spiro atoms. The summed E-state index contributed by atoms with van der Waals surface area (Å²) in [5, 5.41) is 6.86. The highest BCUT2D eigenvalue weighted by atomic mass is 32.1. The summed E-state index contributed by atoms with van der Waals surface area (Å²) in [7, 11) is 0. The van der Waals surface area contributed by atoms with Gasteiger partial charge in [-0.2, -0.15) is 0 Å². The predicted molar refractivity (Wildman–Crippen MR) is 182 cm³/mol. The first kappa shape index (κ1) is 24.2. The Morgan fingerprint density at radius 1 is 0.512 bits per heavy atom. The van der Waals surface area contributed by atoms with Gasteiger partial charge in [-0.15, -0.1) is 11.3 Å². The third-order valence-corrected chi connectivity index (χ3v) is 9.51. The lowest BCUT2D eigenvalue weighted by Gasteiger charge is -2.26. The first-order valence-corrected chi connectivity index (χ1v) is 15.2. The van der Waals surface area contributed by atoms with E-state index >= 15 is 0 Å². The van der Waals surface area contributed by atoms with E-state index in [1.165, 1.54) is 31.3 Å². The van der Waals surface area contributed by atoms with E-state index in [-0.39, 0.29) is 0 Å². The van der Waals surface area contributed by atoms with Crippen LogP contribution < -0.4 is 4.90 Å². The zero-order valence-electron chi connectivity index (χ0n) is 23.1. The van der Waals surface area contributed by atoms with Gasteiger partial charge in [-0.3, -0.25) is 4.98 Å². The molecule has 0 aliphatic rings. The monoisotopic (exact) mass is 568 g/mol. The predicted octanol–water partition coefficient (Wildman–Crippen LogP) is 11.6. The van der Waals surface area contributed by atoms with E-state index in [9.17, 15) is 0 Å². The van der Waals surface area contributed by atoms with Crippen molar-refractivity contribution in [3.05, 3.63) is 146 Å². The molecule has 9 aromatic rings. The number of benzene rings is 6. The highest BCUT2D eigenvalue weighted by molar-refractivity contribution is 7.25. The lowest BCUT2D eigenvalue weighted by atomic mass is 10.0. The molecular formula is C39H24N2OS. The summed E-state index contributed by atoms with van der Waals surface area (Å²) < 4.78 is 9.36. The molecule has 3 aromatic heterocycles. The number of thiophene rings is 1. The number of para-hydroxylation sites is 1. The fraction of sp³-hybridized carbons (Fsp3) is 0. The topological polar surface area (TPSA) is 29.3 Å². The number of fused-ring (bicyclic) bond motifs is 8. The van der Waals surface area contributed by atoms with Gasteiger partial charge in [0.05, 0.1) is 5.69 Å². The number of nitrogens with zero attached hydrogens (tertiary/aromatic N) is 2. The second kappa shape index (κ2) is 9.55. The molecule has 3 heterocycles. The summed E-state index contributed by atoms with van der Waals surface area (Å²) in [6.07, 6.45) is 3.72. The number of aromatic nitrogens is 1. The number of furan rings is 1. The van der Waals surface area contributed by atoms with Crippen molar-refractivity contribution in [3.8, 4) is 11.1 Å². The van der Waals surface area contributed by atoms with Gasteiger partial charge >= 0.3 is 0 Å². The zero-order chi connectivity index (χ0) is 28.3. The zero-order valence-corrected chi connectivity index (χ0v) is 23.9. The largest absolute Gasteiger partial charge is 0.453 e. The molecule has 0 aliphatic heterocycles. The molecule has 0 radical (unpaired) electrons. The quantitative estimate of drug-likeness (QED) is 0.211. The van der Waals surface area contributed by atoms with Crippen LogP contribution in [0.25, 0.3) is 64.0 Å². The van der Waals surface area contributed by atoms with Crippen LogP contribution in [0, 0.1) is 0 Å². The van der Waals surface area contributed by atoms with Gasteiger partial charge in [0.25, 0.3) is 0 Å². The second-order valence-electron chi connectivity index (χ2n) is 10.8. The van der Waals surface area contributed by atoms with Crippen LogP contribution >= 0.6 is 11.3 Å². The van der Waals surface area contributed by atoms with Gasteiger partial charge in [-0.25, -0.2) is 0 Å². The van der Waals surface area contributed by atoms with Crippen LogP contribution in [0.3, 0.4) is 0 Å². The van der Waals surface area contributed by atoms with Crippen molar-refractivity contribution in [2.45, 2.75) is 0 Å². The minimum Gasteiger partial charge on any atom is -0.453 e. The molecule has 4 heteroatoms. The molecule has 6 aromatic carbocycles. The molecule has 0 bridgehead atoms. The molecular weight excluding hydrogens is 545 g/mol. The Bertz CT molecular complexity index is 2460. The summed E-state index contributed by atoms with van der Waals surface area (Å²) in [6, 6.07) is 47.6. The fourth-order valence-electron chi connectivity index (χ4n) is 6.29. The van der Waals surface area contributed by atoms with E-state index in [0.29, 0.717) is 0 Å². The minimum atomic E-state index is 0.858. The van der Waals surface area contributed by atoms with Gasteiger partial charge in [0.2, 0.25) is 0 Å². The molecule has 9 rings (SSSR count). The lowest BCUT2D eigenvalue weighted by Crippen LogP contribution is -2.10. The van der Waals surface area contributed by atoms with Crippen molar-refractivity contribution in [1.29, 1.82) is 0 Å². The smallest absolute Gasteiger partial charge is 0.159 e. The first-order valence-electron chi connectivity index (χ1n) is 14.4. The average Bonchev–Trinajstić information content (AvgIpc) is 3.65. The maximum Gasteiger partial charge on any atom is 0.159 e. The van der Waals surface area contributed by atoms with Crippen molar-refractivity contribution in [2.24, 2.45) is 0 Å². The molecule has 0 N–H and O–H groups in total. The maximum absolute atomic E-state index is 6.78. The third kappa shape index (κ3) is 3.84. The number of rotatable bonds is 4. The van der Waals surface area contributed by atoms with Crippen molar-refractivity contribution in [2.75, 3.05) is 4.90 Å². The van der Waals surface area contributed by atoms with Crippen molar-refractivity contribution in [3.63, 3.8) is 0 Å². The van der Waals surface area contributed by atoms with Crippen LogP contribution in [-0.2, 0) is 0 Å². The molecule has 0 unspecified atom stereocenters. The van der Waals surface area contributed by atoms with Crippen molar-refractivity contribution in [1.82, 2.24) is 4.98 Å². The van der Waals surface area contributed by atoms with E-state index in [1.807, 2.05) is 29.8 Å². The molecule has 0 saturated carbocycles. The number of hydrogen-bond acceptors (Lipinski definition) is 4. The summed E-state index contributed by atoms with van der Waals surface area (Å²) in [5.74, 6) is 0. The lowest BCUT2D eigenvalue weighted by molar-refractivity contribution is 0.672. The van der Waals surface area contributed by atoms with Crippen molar-refractivity contribution < 1.29 is 4.42 Å². The number of pyridine rings is 1. The van der Waals surface area contributed by atoms with Gasteiger partial charge in [-0.05, 0) is 71.1 Å². The molecule has 0 aliphatic carbocycles. The molecule has 0 atom stereocenters. The Balaban J connectivity index is 1.30. The van der Waals surface area contributed by atoms with Gasteiger partial charge in [0.1, 0.15) is 5.58 Å². The Morgan fingerprint density at radius 2 is 1.26 bits per heavy atom. The molecule has 0 amide bonds. The van der Waals surface area contributed by atoms with Crippen LogP contribution in [0.1, 0.15) is 0 Å². The van der Waals surface area contributed by atoms with Gasteiger partial charge in [0, 0.05) is 60.1 Å². The summed E-state index contributed by atoms with van der Waals surface area (Å²) >= 11 is 1.84. The Labute approximate surface area is 251 Å². The van der Waals surface area contributed by atoms with Crippen LogP contribution in [0.15, 0.2) is 150 Å². The Morgan fingerprint density at radius 3 is 2.16 bits per heavy atom. The highest BCUT2D eigenvalue weighted by Crippen LogP contribution is 2.45. The summed E-state index contributed by atoms with van der Waals surface area (Å²) in [6.45, 7) is 0. The van der Waals surface area contributed by atoms with E-state index in [2.05, 4.69) is 137 Å². The number of anilines is 3. The van der Waals surface area contributed by atoms with Crippen LogP contribution in [0.2, 0.25) is 0 Å². The minimum absolute atomic E-state index is 0.858. The van der Waals surface area contributed by atoms with Crippen LogP contribution in [-0.4, -0.2) is 4.98 Å². The van der Waals surface area contributed by atoms with E-state index < -0.39 is 0 Å². The Hall–Kier alpha value is -5.45. The van der Waals surface area contributed by atoms with Crippen LogP contribution in [0.5, 0.6) is 0 Å². The van der Waals surface area contributed by atoms with E-state index in [1.54, 1.807) is 0 Å². The SMILES string of the molecule is c1ccc(-c2ccc(N(c3ccc4sc5ccccc5c4c3)c3cccc4c3oc3c5cnccc5ccc43)cc2)cc1. The molecule has 3 nitrogen and oxygen atoms in total. The van der Waals surface area contributed by atoms with E-state index in [0.717, 1.165) is 49.8 Å². The van der Waals surface area contributed by atoms with Gasteiger partial charge < -0.3 is 9.32 Å². The maximum atomic E-state index is 6.78. The molecule has 202 valence electrons. The highest BCUT2D eigenvalue weighted by Gasteiger charge is 2.21. The van der Waals surface area contributed by atoms with Gasteiger partial charge in [0.15, 0.2) is 5.58 Å². The van der Waals surface area contributed by atoms with Crippen LogP contribution in [0.4, 0.5) is 17.1 Å². The standard InChI is InChI=1S/C39H24N2OS/c1-2-7-25(8-3-1)26-13-16-28(17-14-26)41(29-18-20-37-33(23-29)30-9-4-5-12-36(30)43-37)35-11-6-10-31-32-19-15-27-21-22-40-24-34(27)38(32)42-39(31)35/h1-24H. The molecule has 43 heavy (non-hydrogen) atoms. The molecule has 0 fully saturated rings. The third-order valence-electron chi connectivity index (χ3n) is 8.35. The van der Waals surface area contributed by atoms with E-state index in [4.69, 9.17) is 4.42 Å². The van der Waals surface area contributed by atoms with Crippen molar-refractivity contribution >= 4 is 81.3 Å².